The van der Waals surface area contributed by atoms with Gasteiger partial charge in [0.05, 0.1) is 0 Å². The molecule has 0 spiro atoms. The van der Waals surface area contributed by atoms with E-state index in [4.69, 9.17) is 11.2 Å². The van der Waals surface area contributed by atoms with Gasteiger partial charge in [-0.05, 0) is 83.4 Å². The standard InChI is InChI=1S/C27H30O2/c1-7-24(28)29-20-10-8-9-19(16-20)27(13-14-27)21-17-23-22(15-18(21)2)25(3,4)11-12-26(23,5)6/h1,8-10,15-17H,11-14H2,2-6H3. The molecule has 0 aromatic heterocycles. The van der Waals surface area contributed by atoms with Crippen LogP contribution >= 0.6 is 0 Å². The van der Waals surface area contributed by atoms with E-state index in [1.807, 2.05) is 18.1 Å². The predicted octanol–water partition coefficient (Wildman–Crippen LogP) is 5.96. The van der Waals surface area contributed by atoms with Crippen molar-refractivity contribution in [2.24, 2.45) is 0 Å². The molecule has 2 aromatic rings. The number of fused-ring (bicyclic) bond motifs is 1. The van der Waals surface area contributed by atoms with Gasteiger partial charge in [-0.3, -0.25) is 0 Å². The second-order valence-electron chi connectivity index (χ2n) is 10.1. The van der Waals surface area contributed by atoms with Crippen LogP contribution in [0.15, 0.2) is 36.4 Å². The zero-order valence-corrected chi connectivity index (χ0v) is 18.2. The van der Waals surface area contributed by atoms with Crippen LogP contribution in [0.4, 0.5) is 0 Å². The van der Waals surface area contributed by atoms with Crippen molar-refractivity contribution in [2.45, 2.75) is 76.5 Å². The van der Waals surface area contributed by atoms with E-state index in [1.165, 1.54) is 40.7 Å². The van der Waals surface area contributed by atoms with E-state index in [0.717, 1.165) is 12.8 Å². The summed E-state index contributed by atoms with van der Waals surface area (Å²) in [4.78, 5) is 11.5. The Balaban J connectivity index is 1.81. The van der Waals surface area contributed by atoms with Crippen LogP contribution in [0.25, 0.3) is 0 Å². The SMILES string of the molecule is C#CC(=O)Oc1cccc(C2(c3cc4c(cc3C)C(C)(C)CCC4(C)C)CC2)c1. The highest BCUT2D eigenvalue weighted by atomic mass is 16.5. The molecule has 2 aliphatic rings. The van der Waals surface area contributed by atoms with Crippen molar-refractivity contribution in [1.82, 2.24) is 0 Å². The normalized spacial score (nSPS) is 20.3. The molecule has 1 saturated carbocycles. The lowest BCUT2D eigenvalue weighted by Gasteiger charge is -2.43. The van der Waals surface area contributed by atoms with Gasteiger partial charge < -0.3 is 4.74 Å². The number of carbonyl (C=O) groups excluding carboxylic acids is 1. The van der Waals surface area contributed by atoms with Gasteiger partial charge in [-0.2, -0.15) is 0 Å². The molecule has 0 unspecified atom stereocenters. The van der Waals surface area contributed by atoms with E-state index in [9.17, 15) is 4.79 Å². The molecular weight excluding hydrogens is 356 g/mol. The van der Waals surface area contributed by atoms with Gasteiger partial charge in [0.15, 0.2) is 0 Å². The number of carbonyl (C=O) groups is 1. The first-order chi connectivity index (χ1) is 13.6. The first-order valence-electron chi connectivity index (χ1n) is 10.5. The lowest BCUT2D eigenvalue weighted by Crippen LogP contribution is -2.34. The van der Waals surface area contributed by atoms with Crippen LogP contribution in [0.5, 0.6) is 5.75 Å². The fourth-order valence-electron chi connectivity index (χ4n) is 5.07. The molecule has 0 amide bonds. The number of aryl methyl sites for hydroxylation is 1. The molecule has 2 nitrogen and oxygen atoms in total. The van der Waals surface area contributed by atoms with Crippen molar-refractivity contribution in [3.05, 3.63) is 64.2 Å². The summed E-state index contributed by atoms with van der Waals surface area (Å²) in [6.45, 7) is 11.7. The second-order valence-corrected chi connectivity index (χ2v) is 10.1. The quantitative estimate of drug-likeness (QED) is 0.281. The fraction of sp³-hybridized carbons (Fsp3) is 0.444. The van der Waals surface area contributed by atoms with E-state index in [2.05, 4.69) is 52.8 Å². The van der Waals surface area contributed by atoms with E-state index >= 15 is 0 Å². The summed E-state index contributed by atoms with van der Waals surface area (Å²) in [7, 11) is 0. The van der Waals surface area contributed by atoms with Crippen molar-refractivity contribution in [2.75, 3.05) is 0 Å². The number of benzene rings is 2. The Morgan fingerprint density at radius 3 is 2.14 bits per heavy atom. The monoisotopic (exact) mass is 386 g/mol. The van der Waals surface area contributed by atoms with Crippen LogP contribution in [-0.2, 0) is 21.0 Å². The average molecular weight is 387 g/mol. The number of terminal acetylenes is 1. The molecule has 150 valence electrons. The zero-order valence-electron chi connectivity index (χ0n) is 18.2. The molecule has 0 bridgehead atoms. The van der Waals surface area contributed by atoms with Gasteiger partial charge in [0.25, 0.3) is 0 Å². The molecule has 0 heterocycles. The van der Waals surface area contributed by atoms with Crippen LogP contribution in [0.3, 0.4) is 0 Å². The van der Waals surface area contributed by atoms with Gasteiger partial charge >= 0.3 is 5.97 Å². The van der Waals surface area contributed by atoms with Gasteiger partial charge in [0.2, 0.25) is 0 Å². The fourth-order valence-corrected chi connectivity index (χ4v) is 5.07. The topological polar surface area (TPSA) is 26.3 Å². The lowest BCUT2D eigenvalue weighted by molar-refractivity contribution is -0.128. The Kier molecular flexibility index (Phi) is 4.43. The summed E-state index contributed by atoms with van der Waals surface area (Å²) in [6.07, 6.45) is 9.81. The summed E-state index contributed by atoms with van der Waals surface area (Å²) in [5.74, 6) is 1.89. The van der Waals surface area contributed by atoms with Crippen molar-refractivity contribution < 1.29 is 9.53 Å². The van der Waals surface area contributed by atoms with Gasteiger partial charge in [-0.1, -0.05) is 52.0 Å². The van der Waals surface area contributed by atoms with Crippen LogP contribution < -0.4 is 4.74 Å². The maximum absolute atomic E-state index is 11.5. The molecule has 29 heavy (non-hydrogen) atoms. The highest BCUT2D eigenvalue weighted by Gasteiger charge is 2.48. The van der Waals surface area contributed by atoms with Crippen molar-refractivity contribution in [3.63, 3.8) is 0 Å². The Hall–Kier alpha value is -2.53. The van der Waals surface area contributed by atoms with Crippen LogP contribution in [0.2, 0.25) is 0 Å². The highest BCUT2D eigenvalue weighted by Crippen LogP contribution is 2.57. The molecular formula is C27H30O2. The molecule has 0 saturated heterocycles. The minimum atomic E-state index is -0.652. The molecule has 1 fully saturated rings. The zero-order chi connectivity index (χ0) is 21.0. The summed E-state index contributed by atoms with van der Waals surface area (Å²) < 4.78 is 5.27. The number of esters is 1. The summed E-state index contributed by atoms with van der Waals surface area (Å²) in [6, 6.07) is 12.8. The molecule has 0 atom stereocenters. The Morgan fingerprint density at radius 1 is 0.931 bits per heavy atom. The number of hydrogen-bond acceptors (Lipinski definition) is 2. The Bertz CT molecular complexity index is 1030. The maximum atomic E-state index is 11.5. The van der Waals surface area contributed by atoms with Crippen molar-refractivity contribution >= 4 is 5.97 Å². The smallest absolute Gasteiger partial charge is 0.389 e. The van der Waals surface area contributed by atoms with E-state index in [-0.39, 0.29) is 16.2 Å². The largest absolute Gasteiger partial charge is 0.417 e. The van der Waals surface area contributed by atoms with Crippen LogP contribution in [-0.4, -0.2) is 5.97 Å². The molecule has 2 heteroatoms. The third kappa shape index (κ3) is 3.27. The minimum Gasteiger partial charge on any atom is -0.417 e. The van der Waals surface area contributed by atoms with Gasteiger partial charge in [-0.25, -0.2) is 4.79 Å². The van der Waals surface area contributed by atoms with Crippen LogP contribution in [0.1, 0.15) is 81.2 Å². The number of hydrogen-bond donors (Lipinski definition) is 0. The third-order valence-corrected chi connectivity index (χ3v) is 7.18. The van der Waals surface area contributed by atoms with Crippen LogP contribution in [0, 0.1) is 19.3 Å². The van der Waals surface area contributed by atoms with Gasteiger partial charge in [-0.15, -0.1) is 6.42 Å². The van der Waals surface area contributed by atoms with Gasteiger partial charge in [0, 0.05) is 11.3 Å². The maximum Gasteiger partial charge on any atom is 0.389 e. The first kappa shape index (κ1) is 19.8. The Morgan fingerprint density at radius 2 is 1.55 bits per heavy atom. The summed E-state index contributed by atoms with van der Waals surface area (Å²) in [5.41, 5.74) is 7.39. The predicted molar refractivity (Wildman–Crippen MR) is 117 cm³/mol. The first-order valence-corrected chi connectivity index (χ1v) is 10.5. The van der Waals surface area contributed by atoms with E-state index in [0.29, 0.717) is 5.75 Å². The second kappa shape index (κ2) is 6.49. The summed E-state index contributed by atoms with van der Waals surface area (Å²) in [5, 5.41) is 0. The van der Waals surface area contributed by atoms with E-state index in [1.54, 1.807) is 6.07 Å². The van der Waals surface area contributed by atoms with E-state index < -0.39 is 5.97 Å². The average Bonchev–Trinajstić information content (AvgIpc) is 3.47. The summed E-state index contributed by atoms with van der Waals surface area (Å²) >= 11 is 0. The molecule has 4 rings (SSSR count). The third-order valence-electron chi connectivity index (χ3n) is 7.18. The molecule has 0 aliphatic heterocycles. The molecule has 0 radical (unpaired) electrons. The molecule has 2 aliphatic carbocycles. The highest BCUT2D eigenvalue weighted by molar-refractivity contribution is 5.89. The Labute approximate surface area is 174 Å². The van der Waals surface area contributed by atoms with Gasteiger partial charge in [0.1, 0.15) is 5.75 Å². The number of ether oxygens (including phenoxy) is 1. The van der Waals surface area contributed by atoms with Crippen molar-refractivity contribution in [1.29, 1.82) is 0 Å². The molecule has 2 aromatic carbocycles. The molecule has 0 N–H and O–H groups in total. The number of rotatable bonds is 3. The van der Waals surface area contributed by atoms with Crippen molar-refractivity contribution in [3.8, 4) is 18.1 Å². The lowest BCUT2D eigenvalue weighted by atomic mass is 9.62. The minimum absolute atomic E-state index is 0.00927.